The second-order valence-electron chi connectivity index (χ2n) is 7.44. The van der Waals surface area contributed by atoms with Gasteiger partial charge in [0.25, 0.3) is 0 Å². The Bertz CT molecular complexity index is 951. The van der Waals surface area contributed by atoms with Crippen LogP contribution in [0.15, 0.2) is 57.9 Å². The summed E-state index contributed by atoms with van der Waals surface area (Å²) in [4.78, 5) is 1.21. The van der Waals surface area contributed by atoms with Gasteiger partial charge in [-0.1, -0.05) is 23.7 Å². The molecule has 1 aromatic heterocycles. The summed E-state index contributed by atoms with van der Waals surface area (Å²) in [6.07, 6.45) is 3.89. The highest BCUT2D eigenvalue weighted by Gasteiger charge is 2.14. The average Bonchev–Trinajstić information content (AvgIpc) is 3.14. The fraction of sp³-hybridized carbons (Fsp3) is 0.348. The standard InChI is InChI=1S/C23H27N3O2S/c1-17-7-6-8-20(13-17)27-23-10-9-21(29-26-11-4-3-5-12-26)15-22(23)24-16-19-14-18(2)28-25-19/h6-10,13-15,24H,3-5,11-12,16H2,1-2H3. The van der Waals surface area contributed by atoms with Crippen LogP contribution in [-0.4, -0.2) is 22.6 Å². The maximum atomic E-state index is 6.20. The Morgan fingerprint density at radius 3 is 2.69 bits per heavy atom. The molecule has 1 aliphatic heterocycles. The van der Waals surface area contributed by atoms with E-state index in [1.165, 1.54) is 29.7 Å². The molecule has 0 unspecified atom stereocenters. The molecule has 0 aliphatic carbocycles. The Morgan fingerprint density at radius 2 is 1.93 bits per heavy atom. The van der Waals surface area contributed by atoms with E-state index in [-0.39, 0.29) is 0 Å². The van der Waals surface area contributed by atoms with E-state index < -0.39 is 0 Å². The number of nitrogens with one attached hydrogen (secondary N) is 1. The third-order valence-electron chi connectivity index (χ3n) is 4.85. The molecule has 4 rings (SSSR count). The molecule has 0 amide bonds. The van der Waals surface area contributed by atoms with Crippen LogP contribution in [0.5, 0.6) is 11.5 Å². The number of aromatic nitrogens is 1. The number of hydrogen-bond donors (Lipinski definition) is 1. The molecule has 2 aromatic carbocycles. The number of nitrogens with zero attached hydrogens (tertiary/aromatic N) is 2. The van der Waals surface area contributed by atoms with Gasteiger partial charge in [-0.3, -0.25) is 0 Å². The lowest BCUT2D eigenvalue weighted by Gasteiger charge is -2.25. The molecule has 0 saturated carbocycles. The largest absolute Gasteiger partial charge is 0.455 e. The van der Waals surface area contributed by atoms with E-state index in [0.29, 0.717) is 6.54 Å². The van der Waals surface area contributed by atoms with Crippen molar-refractivity contribution in [2.24, 2.45) is 0 Å². The molecule has 0 spiro atoms. The Morgan fingerprint density at radius 1 is 1.07 bits per heavy atom. The van der Waals surface area contributed by atoms with E-state index in [1.807, 2.05) is 49.2 Å². The Balaban J connectivity index is 1.54. The van der Waals surface area contributed by atoms with Gasteiger partial charge in [0.05, 0.1) is 12.2 Å². The fourth-order valence-corrected chi connectivity index (χ4v) is 4.43. The van der Waals surface area contributed by atoms with E-state index >= 15 is 0 Å². The van der Waals surface area contributed by atoms with Gasteiger partial charge >= 0.3 is 0 Å². The first-order valence-corrected chi connectivity index (χ1v) is 10.9. The van der Waals surface area contributed by atoms with Crippen molar-refractivity contribution < 1.29 is 9.26 Å². The molecule has 3 aromatic rings. The summed E-state index contributed by atoms with van der Waals surface area (Å²) in [5, 5.41) is 7.56. The molecular formula is C23H27N3O2S. The molecule has 1 N–H and O–H groups in total. The van der Waals surface area contributed by atoms with Gasteiger partial charge < -0.3 is 14.6 Å². The number of piperidine rings is 1. The van der Waals surface area contributed by atoms with E-state index in [0.717, 1.165) is 41.7 Å². The highest BCUT2D eigenvalue weighted by atomic mass is 32.2. The van der Waals surface area contributed by atoms with Crippen molar-refractivity contribution in [3.05, 3.63) is 65.5 Å². The first kappa shape index (κ1) is 19.9. The summed E-state index contributed by atoms with van der Waals surface area (Å²) in [6, 6.07) is 16.4. The molecular weight excluding hydrogens is 382 g/mol. The van der Waals surface area contributed by atoms with Crippen molar-refractivity contribution in [2.45, 2.75) is 44.6 Å². The summed E-state index contributed by atoms with van der Waals surface area (Å²) in [5.41, 5.74) is 3.00. The summed E-state index contributed by atoms with van der Waals surface area (Å²) < 4.78 is 13.8. The normalized spacial score (nSPS) is 14.7. The van der Waals surface area contributed by atoms with Crippen molar-refractivity contribution in [2.75, 3.05) is 18.4 Å². The van der Waals surface area contributed by atoms with Gasteiger partial charge in [-0.15, -0.1) is 0 Å². The number of ether oxygens (including phenoxy) is 1. The second kappa shape index (κ2) is 9.37. The minimum absolute atomic E-state index is 0.583. The van der Waals surface area contributed by atoms with Crippen LogP contribution in [-0.2, 0) is 6.54 Å². The zero-order valence-electron chi connectivity index (χ0n) is 17.0. The lowest BCUT2D eigenvalue weighted by Crippen LogP contribution is -2.22. The van der Waals surface area contributed by atoms with Crippen LogP contribution in [0.2, 0.25) is 0 Å². The van der Waals surface area contributed by atoms with Crippen LogP contribution in [0.1, 0.15) is 36.3 Å². The minimum Gasteiger partial charge on any atom is -0.455 e. The van der Waals surface area contributed by atoms with Crippen LogP contribution < -0.4 is 10.1 Å². The van der Waals surface area contributed by atoms with E-state index in [1.54, 1.807) is 0 Å². The third-order valence-corrected chi connectivity index (χ3v) is 5.94. The van der Waals surface area contributed by atoms with Gasteiger partial charge in [-0.25, -0.2) is 4.31 Å². The summed E-state index contributed by atoms with van der Waals surface area (Å²) in [5.74, 6) is 2.45. The molecule has 0 bridgehead atoms. The SMILES string of the molecule is Cc1cccc(Oc2ccc(SN3CCCCC3)cc2NCc2cc(C)on2)c1. The first-order valence-electron chi connectivity index (χ1n) is 10.1. The summed E-state index contributed by atoms with van der Waals surface area (Å²) in [7, 11) is 0. The quantitative estimate of drug-likeness (QED) is 0.470. The number of aryl methyl sites for hydroxylation is 2. The molecule has 1 aliphatic rings. The first-order chi connectivity index (χ1) is 14.2. The Hall–Kier alpha value is -2.44. The van der Waals surface area contributed by atoms with Gasteiger partial charge in [0.2, 0.25) is 0 Å². The number of hydrogen-bond acceptors (Lipinski definition) is 6. The van der Waals surface area contributed by atoms with Crippen molar-refractivity contribution in [3.63, 3.8) is 0 Å². The molecule has 5 nitrogen and oxygen atoms in total. The topological polar surface area (TPSA) is 50.5 Å². The van der Waals surface area contributed by atoms with Gasteiger partial charge in [-0.2, -0.15) is 0 Å². The molecule has 1 fully saturated rings. The highest BCUT2D eigenvalue weighted by Crippen LogP contribution is 2.35. The van der Waals surface area contributed by atoms with Crippen molar-refractivity contribution in [3.8, 4) is 11.5 Å². The maximum absolute atomic E-state index is 6.20. The number of anilines is 1. The molecule has 6 heteroatoms. The van der Waals surface area contributed by atoms with Crippen LogP contribution >= 0.6 is 11.9 Å². The predicted octanol–water partition coefficient (Wildman–Crippen LogP) is 6.19. The van der Waals surface area contributed by atoms with Crippen molar-refractivity contribution >= 4 is 17.6 Å². The molecule has 0 atom stereocenters. The molecule has 0 radical (unpaired) electrons. The monoisotopic (exact) mass is 409 g/mol. The molecule has 2 heterocycles. The zero-order chi connectivity index (χ0) is 20.1. The molecule has 152 valence electrons. The van der Waals surface area contributed by atoms with Crippen molar-refractivity contribution in [1.82, 2.24) is 9.46 Å². The summed E-state index contributed by atoms with van der Waals surface area (Å²) in [6.45, 7) is 6.84. The molecule has 1 saturated heterocycles. The van der Waals surface area contributed by atoms with Crippen LogP contribution in [0.3, 0.4) is 0 Å². The summed E-state index contributed by atoms with van der Waals surface area (Å²) >= 11 is 1.83. The third kappa shape index (κ3) is 5.55. The lowest BCUT2D eigenvalue weighted by molar-refractivity contribution is 0.380. The van der Waals surface area contributed by atoms with Gasteiger partial charge in [-0.05, 0) is 74.5 Å². The van der Waals surface area contributed by atoms with E-state index in [2.05, 4.69) is 39.9 Å². The van der Waals surface area contributed by atoms with Gasteiger partial charge in [0.15, 0.2) is 5.75 Å². The van der Waals surface area contributed by atoms with Crippen LogP contribution in [0, 0.1) is 13.8 Å². The average molecular weight is 410 g/mol. The predicted molar refractivity (Wildman–Crippen MR) is 118 cm³/mol. The highest BCUT2D eigenvalue weighted by molar-refractivity contribution is 7.97. The Labute approximate surface area is 176 Å². The van der Waals surface area contributed by atoms with Crippen molar-refractivity contribution in [1.29, 1.82) is 0 Å². The lowest BCUT2D eigenvalue weighted by atomic mass is 10.2. The maximum Gasteiger partial charge on any atom is 0.150 e. The number of rotatable bonds is 7. The number of benzene rings is 2. The Kier molecular flexibility index (Phi) is 6.42. The second-order valence-corrected chi connectivity index (χ2v) is 8.61. The molecule has 29 heavy (non-hydrogen) atoms. The van der Waals surface area contributed by atoms with Crippen LogP contribution in [0.4, 0.5) is 5.69 Å². The van der Waals surface area contributed by atoms with E-state index in [4.69, 9.17) is 9.26 Å². The smallest absolute Gasteiger partial charge is 0.150 e. The zero-order valence-corrected chi connectivity index (χ0v) is 17.8. The minimum atomic E-state index is 0.583. The fourth-order valence-electron chi connectivity index (χ4n) is 3.39. The van der Waals surface area contributed by atoms with Gasteiger partial charge in [0, 0.05) is 24.1 Å². The van der Waals surface area contributed by atoms with E-state index in [9.17, 15) is 0 Å². The van der Waals surface area contributed by atoms with Crippen LogP contribution in [0.25, 0.3) is 0 Å². The van der Waals surface area contributed by atoms with Gasteiger partial charge in [0.1, 0.15) is 17.2 Å².